The first-order chi connectivity index (χ1) is 13.1. The molecule has 0 unspecified atom stereocenters. The molecule has 0 amide bonds. The molecule has 0 atom stereocenters. The van der Waals surface area contributed by atoms with Crippen LogP contribution in [-0.4, -0.2) is 24.0 Å². The van der Waals surface area contributed by atoms with Gasteiger partial charge in [0.05, 0.1) is 31.0 Å². The minimum atomic E-state index is -0.369. The van der Waals surface area contributed by atoms with Gasteiger partial charge in [0.15, 0.2) is 0 Å². The molecule has 0 N–H and O–H groups in total. The van der Waals surface area contributed by atoms with Crippen LogP contribution in [0, 0.1) is 5.82 Å². The van der Waals surface area contributed by atoms with Crippen molar-refractivity contribution in [3.8, 4) is 28.3 Å². The smallest absolute Gasteiger partial charge is 0.149 e. The van der Waals surface area contributed by atoms with Crippen LogP contribution >= 0.6 is 11.6 Å². The lowest BCUT2D eigenvalue weighted by atomic mass is 10.0. The summed E-state index contributed by atoms with van der Waals surface area (Å²) in [5.41, 5.74) is 3.08. The lowest BCUT2D eigenvalue weighted by Gasteiger charge is -2.09. The Morgan fingerprint density at radius 1 is 0.926 bits per heavy atom. The van der Waals surface area contributed by atoms with Gasteiger partial charge in [-0.05, 0) is 47.5 Å². The molecule has 4 rings (SSSR count). The molecule has 3 aromatic carbocycles. The molecule has 4 nitrogen and oxygen atoms in total. The quantitative estimate of drug-likeness (QED) is 0.467. The largest absolute Gasteiger partial charge is 0.497 e. The minimum absolute atomic E-state index is 0.338. The van der Waals surface area contributed by atoms with Gasteiger partial charge in [0, 0.05) is 11.5 Å². The number of benzene rings is 3. The van der Waals surface area contributed by atoms with Crippen molar-refractivity contribution in [3.63, 3.8) is 0 Å². The van der Waals surface area contributed by atoms with Crippen LogP contribution in [0.1, 0.15) is 0 Å². The number of hydrogen-bond donors (Lipinski definition) is 0. The Bertz CT molecular complexity index is 1140. The Kier molecular flexibility index (Phi) is 4.46. The van der Waals surface area contributed by atoms with E-state index in [0.29, 0.717) is 22.2 Å². The fourth-order valence-corrected chi connectivity index (χ4v) is 3.29. The summed E-state index contributed by atoms with van der Waals surface area (Å²) in [5, 5.41) is 5.79. The normalized spacial score (nSPS) is 11.0. The van der Waals surface area contributed by atoms with Crippen LogP contribution in [-0.2, 0) is 0 Å². The van der Waals surface area contributed by atoms with Gasteiger partial charge in [-0.3, -0.25) is 0 Å². The predicted molar refractivity (Wildman–Crippen MR) is 105 cm³/mol. The van der Waals surface area contributed by atoms with Gasteiger partial charge in [0.1, 0.15) is 23.0 Å². The van der Waals surface area contributed by atoms with Gasteiger partial charge in [-0.2, -0.15) is 5.10 Å². The number of rotatable bonds is 4. The third kappa shape index (κ3) is 3.11. The van der Waals surface area contributed by atoms with Crippen molar-refractivity contribution >= 4 is 22.5 Å². The molecular weight excluding hydrogens is 367 g/mol. The summed E-state index contributed by atoms with van der Waals surface area (Å²) in [6, 6.07) is 16.1. The number of ether oxygens (including phenoxy) is 2. The highest BCUT2D eigenvalue weighted by molar-refractivity contribution is 6.32. The van der Waals surface area contributed by atoms with Crippen LogP contribution < -0.4 is 9.47 Å². The van der Waals surface area contributed by atoms with Crippen molar-refractivity contribution in [3.05, 3.63) is 71.6 Å². The molecule has 0 aliphatic rings. The minimum Gasteiger partial charge on any atom is -0.497 e. The third-order valence-electron chi connectivity index (χ3n) is 4.43. The number of fused-ring (bicyclic) bond motifs is 1. The maximum absolute atomic E-state index is 14.3. The van der Waals surface area contributed by atoms with Gasteiger partial charge in [-0.1, -0.05) is 23.7 Å². The van der Waals surface area contributed by atoms with Crippen LogP contribution in [0.3, 0.4) is 0 Å². The average molecular weight is 383 g/mol. The van der Waals surface area contributed by atoms with Crippen LogP contribution in [0.4, 0.5) is 4.39 Å². The molecule has 1 aromatic heterocycles. The van der Waals surface area contributed by atoms with E-state index in [-0.39, 0.29) is 5.82 Å². The Balaban J connectivity index is 1.79. The van der Waals surface area contributed by atoms with E-state index in [1.54, 1.807) is 37.2 Å². The van der Waals surface area contributed by atoms with Gasteiger partial charge < -0.3 is 9.47 Å². The number of aromatic nitrogens is 2. The van der Waals surface area contributed by atoms with E-state index in [1.165, 1.54) is 6.07 Å². The highest BCUT2D eigenvalue weighted by atomic mass is 35.5. The first-order valence-electron chi connectivity index (χ1n) is 8.26. The van der Waals surface area contributed by atoms with Crippen LogP contribution in [0.2, 0.25) is 5.02 Å². The molecule has 0 saturated heterocycles. The number of methoxy groups -OCH3 is 2. The molecule has 0 radical (unpaired) electrons. The maximum atomic E-state index is 14.3. The molecule has 136 valence electrons. The molecule has 0 aliphatic heterocycles. The van der Waals surface area contributed by atoms with E-state index in [0.717, 1.165) is 22.0 Å². The maximum Gasteiger partial charge on any atom is 0.149 e. The second-order valence-corrected chi connectivity index (χ2v) is 6.40. The summed E-state index contributed by atoms with van der Waals surface area (Å²) in [6.45, 7) is 0. The molecule has 0 spiro atoms. The van der Waals surface area contributed by atoms with Gasteiger partial charge in [0.2, 0.25) is 0 Å². The molecule has 0 fully saturated rings. The first-order valence-corrected chi connectivity index (χ1v) is 8.64. The van der Waals surface area contributed by atoms with Gasteiger partial charge in [0.25, 0.3) is 0 Å². The number of halogens is 2. The molecule has 0 bridgehead atoms. The second kappa shape index (κ2) is 6.93. The Hall–Kier alpha value is -3.05. The van der Waals surface area contributed by atoms with Crippen molar-refractivity contribution in [2.24, 2.45) is 0 Å². The van der Waals surface area contributed by atoms with Crippen LogP contribution in [0.5, 0.6) is 11.5 Å². The Morgan fingerprint density at radius 2 is 1.70 bits per heavy atom. The molecule has 6 heteroatoms. The molecule has 0 saturated carbocycles. The Labute approximate surface area is 160 Å². The fourth-order valence-electron chi connectivity index (χ4n) is 3.03. The SMILES string of the molecule is COc1ccc(F)c(-n2ncc3cc(-c4ccc(OC)c(Cl)c4)ccc32)c1. The van der Waals surface area contributed by atoms with Crippen molar-refractivity contribution in [2.75, 3.05) is 14.2 Å². The van der Waals surface area contributed by atoms with E-state index in [4.69, 9.17) is 21.1 Å². The summed E-state index contributed by atoms with van der Waals surface area (Å²) in [4.78, 5) is 0. The second-order valence-electron chi connectivity index (χ2n) is 6.00. The van der Waals surface area contributed by atoms with E-state index in [1.807, 2.05) is 36.4 Å². The van der Waals surface area contributed by atoms with Crippen molar-refractivity contribution < 1.29 is 13.9 Å². The lowest BCUT2D eigenvalue weighted by Crippen LogP contribution is -2.00. The van der Waals surface area contributed by atoms with Gasteiger partial charge >= 0.3 is 0 Å². The van der Waals surface area contributed by atoms with E-state index in [9.17, 15) is 4.39 Å². The zero-order valence-electron chi connectivity index (χ0n) is 14.7. The van der Waals surface area contributed by atoms with E-state index in [2.05, 4.69) is 5.10 Å². The topological polar surface area (TPSA) is 36.3 Å². The monoisotopic (exact) mass is 382 g/mol. The highest BCUT2D eigenvalue weighted by Crippen LogP contribution is 2.32. The summed E-state index contributed by atoms with van der Waals surface area (Å²) in [6.07, 6.45) is 1.71. The van der Waals surface area contributed by atoms with Gasteiger partial charge in [-0.25, -0.2) is 9.07 Å². The van der Waals surface area contributed by atoms with Crippen molar-refractivity contribution in [2.45, 2.75) is 0 Å². The molecular formula is C21H16ClFN2O2. The fraction of sp³-hybridized carbons (Fsp3) is 0.0952. The zero-order valence-corrected chi connectivity index (χ0v) is 15.5. The molecule has 0 aliphatic carbocycles. The zero-order chi connectivity index (χ0) is 19.0. The third-order valence-corrected chi connectivity index (χ3v) is 4.73. The average Bonchev–Trinajstić information content (AvgIpc) is 3.11. The van der Waals surface area contributed by atoms with E-state index < -0.39 is 0 Å². The van der Waals surface area contributed by atoms with Crippen LogP contribution in [0.15, 0.2) is 60.8 Å². The molecule has 1 heterocycles. The molecule has 27 heavy (non-hydrogen) atoms. The summed E-state index contributed by atoms with van der Waals surface area (Å²) in [5.74, 6) is 0.828. The van der Waals surface area contributed by atoms with E-state index >= 15 is 0 Å². The lowest BCUT2D eigenvalue weighted by molar-refractivity contribution is 0.413. The van der Waals surface area contributed by atoms with Crippen LogP contribution in [0.25, 0.3) is 27.7 Å². The Morgan fingerprint density at radius 3 is 2.44 bits per heavy atom. The first kappa shape index (κ1) is 17.4. The summed E-state index contributed by atoms with van der Waals surface area (Å²) < 4.78 is 26.3. The summed E-state index contributed by atoms with van der Waals surface area (Å²) in [7, 11) is 3.13. The highest BCUT2D eigenvalue weighted by Gasteiger charge is 2.12. The van der Waals surface area contributed by atoms with Crippen molar-refractivity contribution in [1.29, 1.82) is 0 Å². The predicted octanol–water partition coefficient (Wildman–Crippen LogP) is 5.50. The standard InChI is InChI=1S/C21H16ClFN2O2/c1-26-16-5-6-18(23)20(11-16)25-19-7-3-13(9-15(19)12-24-25)14-4-8-21(27-2)17(22)10-14/h3-12H,1-2H3. The summed E-state index contributed by atoms with van der Waals surface area (Å²) >= 11 is 6.23. The van der Waals surface area contributed by atoms with Crippen molar-refractivity contribution in [1.82, 2.24) is 9.78 Å². The number of nitrogens with zero attached hydrogens (tertiary/aromatic N) is 2. The van der Waals surface area contributed by atoms with Gasteiger partial charge in [-0.15, -0.1) is 0 Å². The number of hydrogen-bond acceptors (Lipinski definition) is 3. The molecule has 4 aromatic rings.